The summed E-state index contributed by atoms with van der Waals surface area (Å²) in [6.07, 6.45) is 0. The summed E-state index contributed by atoms with van der Waals surface area (Å²) < 4.78 is 6.40. The number of benzene rings is 2. The lowest BCUT2D eigenvalue weighted by Gasteiger charge is -2.08. The smallest absolute Gasteiger partial charge is 0.336 e. The fourth-order valence-corrected chi connectivity index (χ4v) is 3.10. The lowest BCUT2D eigenvalue weighted by atomic mass is 10.0. The van der Waals surface area contributed by atoms with Gasteiger partial charge in [0.2, 0.25) is 5.82 Å². The van der Waals surface area contributed by atoms with Gasteiger partial charge in [0.15, 0.2) is 0 Å². The van der Waals surface area contributed by atoms with Crippen molar-refractivity contribution in [2.75, 3.05) is 0 Å². The normalized spacial score (nSPS) is 11.2. The minimum absolute atomic E-state index is 0.341. The molecule has 0 aliphatic heterocycles. The highest BCUT2D eigenvalue weighted by atomic mass is 79.9. The van der Waals surface area contributed by atoms with Crippen LogP contribution >= 0.6 is 15.9 Å². The summed E-state index contributed by atoms with van der Waals surface area (Å²) in [4.78, 5) is 13.5. The van der Waals surface area contributed by atoms with Crippen molar-refractivity contribution < 1.29 is 4.42 Å². The van der Waals surface area contributed by atoms with E-state index in [9.17, 15) is 4.79 Å². The van der Waals surface area contributed by atoms with E-state index in [0.29, 0.717) is 18.0 Å². The number of rotatable bonds is 3. The van der Waals surface area contributed by atoms with E-state index < -0.39 is 0 Å². The molecular weight excluding hydrogens is 396 g/mol. The standard InChI is InChI=1S/C19H15BrN4O2/c1-11-3-8-16-14(9-17(25)26-18(16)12(11)2)10-24-22-19(21-23-24)13-4-6-15(20)7-5-13/h3-9H,10H2,1-2H3. The van der Waals surface area contributed by atoms with Crippen molar-refractivity contribution in [2.45, 2.75) is 20.4 Å². The van der Waals surface area contributed by atoms with Gasteiger partial charge in [-0.25, -0.2) is 4.79 Å². The van der Waals surface area contributed by atoms with Crippen molar-refractivity contribution in [1.29, 1.82) is 0 Å². The summed E-state index contributed by atoms with van der Waals surface area (Å²) in [7, 11) is 0. The second kappa shape index (κ2) is 6.49. The van der Waals surface area contributed by atoms with Crippen LogP contribution in [-0.4, -0.2) is 20.2 Å². The molecule has 0 fully saturated rings. The van der Waals surface area contributed by atoms with E-state index in [0.717, 1.165) is 32.1 Å². The van der Waals surface area contributed by atoms with Crippen LogP contribution in [0.5, 0.6) is 0 Å². The third-order valence-electron chi connectivity index (χ3n) is 4.38. The maximum atomic E-state index is 12.0. The molecule has 0 atom stereocenters. The third-order valence-corrected chi connectivity index (χ3v) is 4.91. The van der Waals surface area contributed by atoms with E-state index in [2.05, 4.69) is 31.3 Å². The molecule has 0 saturated carbocycles. The summed E-state index contributed by atoms with van der Waals surface area (Å²) in [5.74, 6) is 0.539. The highest BCUT2D eigenvalue weighted by molar-refractivity contribution is 9.10. The molecule has 2 aromatic heterocycles. The average molecular weight is 411 g/mol. The molecule has 0 unspecified atom stereocenters. The van der Waals surface area contributed by atoms with Crippen LogP contribution in [0.2, 0.25) is 0 Å². The van der Waals surface area contributed by atoms with Gasteiger partial charge >= 0.3 is 5.63 Å². The zero-order chi connectivity index (χ0) is 18.3. The first-order chi connectivity index (χ1) is 12.5. The molecule has 0 N–H and O–H groups in total. The molecule has 0 saturated heterocycles. The summed E-state index contributed by atoms with van der Waals surface area (Å²) in [6, 6.07) is 13.2. The Bertz CT molecular complexity index is 1160. The molecule has 0 aliphatic carbocycles. The van der Waals surface area contributed by atoms with Gasteiger partial charge in [0.25, 0.3) is 0 Å². The van der Waals surface area contributed by atoms with E-state index in [4.69, 9.17) is 4.42 Å². The molecule has 4 aromatic rings. The number of aromatic nitrogens is 4. The van der Waals surface area contributed by atoms with Gasteiger partial charge in [0.05, 0.1) is 6.54 Å². The Balaban J connectivity index is 1.73. The molecule has 0 bridgehead atoms. The molecule has 4 rings (SSSR count). The molecule has 2 aromatic carbocycles. The van der Waals surface area contributed by atoms with E-state index in [-0.39, 0.29) is 5.63 Å². The Morgan fingerprint density at radius 1 is 1.12 bits per heavy atom. The molecule has 26 heavy (non-hydrogen) atoms. The van der Waals surface area contributed by atoms with Crippen molar-refractivity contribution in [3.63, 3.8) is 0 Å². The molecule has 2 heterocycles. The number of nitrogens with zero attached hydrogens (tertiary/aromatic N) is 4. The number of hydrogen-bond acceptors (Lipinski definition) is 5. The second-order valence-corrected chi connectivity index (χ2v) is 7.04. The molecule has 130 valence electrons. The lowest BCUT2D eigenvalue weighted by molar-refractivity contribution is 0.543. The minimum Gasteiger partial charge on any atom is -0.422 e. The van der Waals surface area contributed by atoms with Gasteiger partial charge in [-0.1, -0.05) is 28.1 Å². The van der Waals surface area contributed by atoms with Crippen LogP contribution in [0.4, 0.5) is 0 Å². The number of halogens is 1. The molecular formula is C19H15BrN4O2. The predicted molar refractivity (Wildman–Crippen MR) is 102 cm³/mol. The van der Waals surface area contributed by atoms with Gasteiger partial charge in [-0.3, -0.25) is 0 Å². The van der Waals surface area contributed by atoms with Gasteiger partial charge < -0.3 is 4.42 Å². The fourth-order valence-electron chi connectivity index (χ4n) is 2.83. The zero-order valence-corrected chi connectivity index (χ0v) is 15.8. The van der Waals surface area contributed by atoms with E-state index in [1.807, 2.05) is 50.2 Å². The maximum absolute atomic E-state index is 12.0. The van der Waals surface area contributed by atoms with Crippen molar-refractivity contribution >= 4 is 26.9 Å². The van der Waals surface area contributed by atoms with Crippen LogP contribution in [0.25, 0.3) is 22.4 Å². The first-order valence-corrected chi connectivity index (χ1v) is 8.87. The Morgan fingerprint density at radius 2 is 1.88 bits per heavy atom. The number of hydrogen-bond donors (Lipinski definition) is 0. The molecule has 0 spiro atoms. The number of tetrazole rings is 1. The van der Waals surface area contributed by atoms with Gasteiger partial charge in [0.1, 0.15) is 5.58 Å². The van der Waals surface area contributed by atoms with Crippen molar-refractivity contribution in [3.8, 4) is 11.4 Å². The maximum Gasteiger partial charge on any atom is 0.336 e. The minimum atomic E-state index is -0.380. The van der Waals surface area contributed by atoms with E-state index in [1.165, 1.54) is 10.9 Å². The Morgan fingerprint density at radius 3 is 2.65 bits per heavy atom. The largest absolute Gasteiger partial charge is 0.422 e. The van der Waals surface area contributed by atoms with Gasteiger partial charge in [0, 0.05) is 21.5 Å². The summed E-state index contributed by atoms with van der Waals surface area (Å²) in [6.45, 7) is 4.28. The topological polar surface area (TPSA) is 73.8 Å². The van der Waals surface area contributed by atoms with E-state index in [1.54, 1.807) is 0 Å². The average Bonchev–Trinajstić information content (AvgIpc) is 3.07. The van der Waals surface area contributed by atoms with Crippen molar-refractivity contribution in [1.82, 2.24) is 20.2 Å². The predicted octanol–water partition coefficient (Wildman–Crippen LogP) is 3.87. The number of aryl methyl sites for hydroxylation is 2. The Kier molecular flexibility index (Phi) is 4.16. The quantitative estimate of drug-likeness (QED) is 0.479. The van der Waals surface area contributed by atoms with Crippen LogP contribution in [-0.2, 0) is 6.54 Å². The van der Waals surface area contributed by atoms with Crippen molar-refractivity contribution in [3.05, 3.63) is 74.0 Å². The number of fused-ring (bicyclic) bond motifs is 1. The molecule has 0 radical (unpaired) electrons. The summed E-state index contributed by atoms with van der Waals surface area (Å²) >= 11 is 3.41. The second-order valence-electron chi connectivity index (χ2n) is 6.13. The fraction of sp³-hybridized carbons (Fsp3) is 0.158. The van der Waals surface area contributed by atoms with Gasteiger partial charge in [-0.05, 0) is 60.0 Å². The molecule has 7 heteroatoms. The van der Waals surface area contributed by atoms with Crippen LogP contribution in [0.15, 0.2) is 56.1 Å². The third kappa shape index (κ3) is 3.06. The molecule has 6 nitrogen and oxygen atoms in total. The van der Waals surface area contributed by atoms with Crippen LogP contribution in [0.3, 0.4) is 0 Å². The van der Waals surface area contributed by atoms with Crippen LogP contribution in [0, 0.1) is 13.8 Å². The Labute approximate surface area is 157 Å². The Hall–Kier alpha value is -2.80. The first-order valence-electron chi connectivity index (χ1n) is 8.08. The highest BCUT2D eigenvalue weighted by Gasteiger charge is 2.12. The van der Waals surface area contributed by atoms with Crippen LogP contribution in [0.1, 0.15) is 16.7 Å². The SMILES string of the molecule is Cc1ccc2c(Cn3nnc(-c4ccc(Br)cc4)n3)cc(=O)oc2c1C. The van der Waals surface area contributed by atoms with Gasteiger partial charge in [-0.2, -0.15) is 4.80 Å². The molecule has 0 amide bonds. The van der Waals surface area contributed by atoms with Gasteiger partial charge in [-0.15, -0.1) is 10.2 Å². The van der Waals surface area contributed by atoms with Crippen LogP contribution < -0.4 is 5.63 Å². The summed E-state index contributed by atoms with van der Waals surface area (Å²) in [5.41, 5.74) is 3.95. The van der Waals surface area contributed by atoms with Crippen molar-refractivity contribution in [2.24, 2.45) is 0 Å². The lowest BCUT2D eigenvalue weighted by Crippen LogP contribution is -2.09. The molecule has 0 aliphatic rings. The monoisotopic (exact) mass is 410 g/mol. The zero-order valence-electron chi connectivity index (χ0n) is 14.2. The van der Waals surface area contributed by atoms with E-state index >= 15 is 0 Å². The summed E-state index contributed by atoms with van der Waals surface area (Å²) in [5, 5.41) is 13.5. The highest BCUT2D eigenvalue weighted by Crippen LogP contribution is 2.24. The first kappa shape index (κ1) is 16.7.